The SMILES string of the molecule is N=C/C(=C\NCC(=O)O)Nc1nc(-c2c(F)cccc2F)nc2c1C(=O)NC2. The number of benzene rings is 1. The number of carbonyl (C=O) groups is 2. The van der Waals surface area contributed by atoms with Crippen LogP contribution < -0.4 is 16.0 Å². The van der Waals surface area contributed by atoms with Gasteiger partial charge in [-0.2, -0.15) is 0 Å². The van der Waals surface area contributed by atoms with Gasteiger partial charge < -0.3 is 26.5 Å². The quantitative estimate of drug-likeness (QED) is 0.450. The maximum Gasteiger partial charge on any atom is 0.322 e. The fraction of sp³-hybridized carbons (Fsp3) is 0.118. The fourth-order valence-corrected chi connectivity index (χ4v) is 2.54. The number of amides is 1. The first-order valence-electron chi connectivity index (χ1n) is 7.97. The lowest BCUT2D eigenvalue weighted by Crippen LogP contribution is -2.20. The second kappa shape index (κ2) is 7.78. The van der Waals surface area contributed by atoms with Crippen LogP contribution in [0.3, 0.4) is 0 Å². The first-order chi connectivity index (χ1) is 13.4. The van der Waals surface area contributed by atoms with Gasteiger partial charge in [0.05, 0.1) is 23.5 Å². The maximum atomic E-state index is 14.1. The van der Waals surface area contributed by atoms with Gasteiger partial charge in [0, 0.05) is 12.4 Å². The molecule has 2 heterocycles. The third kappa shape index (κ3) is 3.77. The highest BCUT2D eigenvalue weighted by molar-refractivity contribution is 6.03. The van der Waals surface area contributed by atoms with Crippen LogP contribution >= 0.6 is 0 Å². The minimum atomic E-state index is -1.11. The molecule has 0 radical (unpaired) electrons. The van der Waals surface area contributed by atoms with Gasteiger partial charge in [0.15, 0.2) is 5.82 Å². The molecule has 0 spiro atoms. The highest BCUT2D eigenvalue weighted by Crippen LogP contribution is 2.29. The van der Waals surface area contributed by atoms with E-state index in [-0.39, 0.29) is 35.1 Å². The van der Waals surface area contributed by atoms with E-state index in [1.807, 2.05) is 0 Å². The average Bonchev–Trinajstić information content (AvgIpc) is 3.01. The minimum absolute atomic E-state index is 0.0509. The van der Waals surface area contributed by atoms with E-state index in [9.17, 15) is 18.4 Å². The van der Waals surface area contributed by atoms with Crippen LogP contribution in [0.25, 0.3) is 11.4 Å². The minimum Gasteiger partial charge on any atom is -0.480 e. The van der Waals surface area contributed by atoms with Crippen LogP contribution in [0.15, 0.2) is 30.1 Å². The van der Waals surface area contributed by atoms with Gasteiger partial charge in [0.1, 0.15) is 29.6 Å². The normalized spacial score (nSPS) is 12.9. The van der Waals surface area contributed by atoms with E-state index in [0.29, 0.717) is 0 Å². The van der Waals surface area contributed by atoms with E-state index in [2.05, 4.69) is 25.9 Å². The number of carboxylic acid groups (broad SMARTS) is 1. The Kier molecular flexibility index (Phi) is 5.25. The van der Waals surface area contributed by atoms with Crippen LogP contribution in [0, 0.1) is 17.0 Å². The van der Waals surface area contributed by atoms with Crippen LogP contribution in [0.5, 0.6) is 0 Å². The zero-order chi connectivity index (χ0) is 20.3. The lowest BCUT2D eigenvalue weighted by molar-refractivity contribution is -0.135. The summed E-state index contributed by atoms with van der Waals surface area (Å²) >= 11 is 0. The number of nitrogens with one attached hydrogen (secondary N) is 4. The molecular weight excluding hydrogens is 374 g/mol. The van der Waals surface area contributed by atoms with Crippen molar-refractivity contribution in [1.82, 2.24) is 20.6 Å². The second-order valence-electron chi connectivity index (χ2n) is 5.64. The predicted octanol–water partition coefficient (Wildman–Crippen LogP) is 1.24. The largest absolute Gasteiger partial charge is 0.480 e. The van der Waals surface area contributed by atoms with Crippen LogP contribution in [0.2, 0.25) is 0 Å². The van der Waals surface area contributed by atoms with Gasteiger partial charge in [0.25, 0.3) is 5.91 Å². The van der Waals surface area contributed by atoms with E-state index in [1.54, 1.807) is 0 Å². The molecule has 9 nitrogen and oxygen atoms in total. The lowest BCUT2D eigenvalue weighted by atomic mass is 10.1. The molecule has 0 atom stereocenters. The Bertz CT molecular complexity index is 988. The molecule has 11 heteroatoms. The number of carbonyl (C=O) groups excluding carboxylic acids is 1. The number of carboxylic acids is 1. The summed E-state index contributed by atoms with van der Waals surface area (Å²) in [6.07, 6.45) is 2.06. The number of aliphatic carboxylic acids is 1. The number of anilines is 1. The average molecular weight is 388 g/mol. The van der Waals surface area contributed by atoms with Gasteiger partial charge in [0.2, 0.25) is 0 Å². The molecule has 0 unspecified atom stereocenters. The molecule has 0 saturated heterocycles. The third-order valence-electron chi connectivity index (χ3n) is 3.74. The van der Waals surface area contributed by atoms with Crippen molar-refractivity contribution in [3.63, 3.8) is 0 Å². The summed E-state index contributed by atoms with van der Waals surface area (Å²) in [7, 11) is 0. The van der Waals surface area contributed by atoms with Crippen molar-refractivity contribution in [1.29, 1.82) is 5.41 Å². The molecule has 1 aromatic carbocycles. The van der Waals surface area contributed by atoms with Crippen LogP contribution in [-0.2, 0) is 11.3 Å². The fourth-order valence-electron chi connectivity index (χ4n) is 2.54. The topological polar surface area (TPSA) is 140 Å². The molecule has 0 fully saturated rings. The molecule has 0 bridgehead atoms. The van der Waals surface area contributed by atoms with Crippen molar-refractivity contribution in [2.75, 3.05) is 11.9 Å². The molecule has 0 aliphatic carbocycles. The van der Waals surface area contributed by atoms with Crippen molar-refractivity contribution in [2.24, 2.45) is 0 Å². The number of rotatable bonds is 7. The van der Waals surface area contributed by atoms with E-state index in [0.717, 1.165) is 18.3 Å². The van der Waals surface area contributed by atoms with Gasteiger partial charge in [-0.3, -0.25) is 9.59 Å². The summed E-state index contributed by atoms with van der Waals surface area (Å²) in [4.78, 5) is 30.8. The highest BCUT2D eigenvalue weighted by Gasteiger charge is 2.28. The van der Waals surface area contributed by atoms with Crippen molar-refractivity contribution >= 4 is 23.9 Å². The number of aromatic nitrogens is 2. The molecule has 1 amide bonds. The van der Waals surface area contributed by atoms with Gasteiger partial charge in [-0.1, -0.05) is 6.07 Å². The summed E-state index contributed by atoms with van der Waals surface area (Å²) in [5.74, 6) is -3.66. The molecule has 2 aromatic rings. The highest BCUT2D eigenvalue weighted by atomic mass is 19.1. The maximum absolute atomic E-state index is 14.1. The zero-order valence-electron chi connectivity index (χ0n) is 14.2. The van der Waals surface area contributed by atoms with Crippen molar-refractivity contribution in [2.45, 2.75) is 6.54 Å². The summed E-state index contributed by atoms with van der Waals surface area (Å²) in [5.41, 5.74) is -0.0617. The molecule has 28 heavy (non-hydrogen) atoms. The Morgan fingerprint density at radius 3 is 2.64 bits per heavy atom. The molecule has 0 saturated carbocycles. The van der Waals surface area contributed by atoms with E-state index >= 15 is 0 Å². The van der Waals surface area contributed by atoms with Crippen molar-refractivity contribution in [3.8, 4) is 11.4 Å². The van der Waals surface area contributed by atoms with Crippen molar-refractivity contribution < 1.29 is 23.5 Å². The van der Waals surface area contributed by atoms with Crippen LogP contribution in [0.4, 0.5) is 14.6 Å². The standard InChI is InChI=1S/C17H14F2N6O3/c18-9-2-1-3-10(19)13(9)15-24-11-6-22-17(28)14(11)16(25-15)23-8(4-20)5-21-7-12(26)27/h1-5,20-21H,6-7H2,(H,22,28)(H,26,27)(H,23,24,25)/b8-5+,20-4?. The molecule has 1 aromatic heterocycles. The monoisotopic (exact) mass is 388 g/mol. The summed E-state index contributed by atoms with van der Waals surface area (Å²) < 4.78 is 28.3. The van der Waals surface area contributed by atoms with Crippen molar-refractivity contribution in [3.05, 3.63) is 53.0 Å². The van der Waals surface area contributed by atoms with Crippen LogP contribution in [0.1, 0.15) is 16.1 Å². The number of nitrogens with zero attached hydrogens (tertiary/aromatic N) is 2. The molecule has 5 N–H and O–H groups in total. The molecule has 1 aliphatic rings. The smallest absolute Gasteiger partial charge is 0.322 e. The number of halogens is 2. The Balaban J connectivity index is 2.05. The lowest BCUT2D eigenvalue weighted by Gasteiger charge is -2.12. The van der Waals surface area contributed by atoms with Gasteiger partial charge in [-0.25, -0.2) is 18.7 Å². The van der Waals surface area contributed by atoms with E-state index < -0.39 is 35.6 Å². The Labute approximate surface area is 157 Å². The first-order valence-corrected chi connectivity index (χ1v) is 7.97. The van der Waals surface area contributed by atoms with E-state index in [1.165, 1.54) is 12.3 Å². The van der Waals surface area contributed by atoms with Gasteiger partial charge in [-0.05, 0) is 12.1 Å². The summed E-state index contributed by atoms with van der Waals surface area (Å²) in [6.45, 7) is -0.345. The number of fused-ring (bicyclic) bond motifs is 1. The number of allylic oxidation sites excluding steroid dienone is 1. The number of hydrogen-bond acceptors (Lipinski definition) is 7. The van der Waals surface area contributed by atoms with E-state index in [4.69, 9.17) is 10.5 Å². The van der Waals surface area contributed by atoms with Crippen LogP contribution in [-0.4, -0.2) is 39.7 Å². The Hall–Kier alpha value is -3.89. The Morgan fingerprint density at radius 1 is 1.29 bits per heavy atom. The first kappa shape index (κ1) is 18.9. The molecule has 144 valence electrons. The van der Waals surface area contributed by atoms with Gasteiger partial charge in [-0.15, -0.1) is 0 Å². The summed E-state index contributed by atoms with van der Waals surface area (Å²) in [6, 6.07) is 3.32. The molecular formula is C17H14F2N6O3. The molecule has 1 aliphatic heterocycles. The zero-order valence-corrected chi connectivity index (χ0v) is 14.2. The predicted molar refractivity (Wildman–Crippen MR) is 94.7 cm³/mol. The second-order valence-corrected chi connectivity index (χ2v) is 5.64. The van der Waals surface area contributed by atoms with Gasteiger partial charge >= 0.3 is 5.97 Å². The number of hydrogen-bond donors (Lipinski definition) is 5. The molecule has 3 rings (SSSR count). The third-order valence-corrected chi connectivity index (χ3v) is 3.74. The Morgan fingerprint density at radius 2 is 2.00 bits per heavy atom. The summed E-state index contributed by atoms with van der Waals surface area (Å²) in [5, 5.41) is 23.8.